The molecule has 0 saturated heterocycles. The molecule has 1 atom stereocenters. The zero-order valence-corrected chi connectivity index (χ0v) is 18.8. The SMILES string of the molecule is C=CCSc1nnc2c(n1)OC(c1ccc(OC)c(OC)c1)Nc1ccc(Br)cc1-2. The number of aromatic nitrogens is 3. The van der Waals surface area contributed by atoms with Gasteiger partial charge >= 0.3 is 0 Å². The maximum atomic E-state index is 6.28. The third-order valence-electron chi connectivity index (χ3n) is 4.43. The van der Waals surface area contributed by atoms with E-state index >= 15 is 0 Å². The number of fused-ring (bicyclic) bond motifs is 3. The average molecular weight is 487 g/mol. The number of benzene rings is 2. The number of ether oxygens (including phenoxy) is 3. The highest BCUT2D eigenvalue weighted by Gasteiger charge is 2.27. The van der Waals surface area contributed by atoms with Gasteiger partial charge in [0.05, 0.1) is 14.2 Å². The first-order valence-electron chi connectivity index (χ1n) is 9.06. The summed E-state index contributed by atoms with van der Waals surface area (Å²) in [5.74, 6) is 2.34. The van der Waals surface area contributed by atoms with Crippen molar-refractivity contribution in [2.45, 2.75) is 11.4 Å². The number of hydrogen-bond acceptors (Lipinski definition) is 8. The summed E-state index contributed by atoms with van der Waals surface area (Å²) in [6, 6.07) is 11.5. The van der Waals surface area contributed by atoms with Crippen LogP contribution in [0.2, 0.25) is 0 Å². The van der Waals surface area contributed by atoms with Gasteiger partial charge in [-0.05, 0) is 36.4 Å². The van der Waals surface area contributed by atoms with Gasteiger partial charge in [0.15, 0.2) is 23.4 Å². The molecule has 0 spiro atoms. The van der Waals surface area contributed by atoms with Crippen LogP contribution in [0.1, 0.15) is 11.8 Å². The van der Waals surface area contributed by atoms with Crippen molar-refractivity contribution < 1.29 is 14.2 Å². The molecule has 0 saturated carbocycles. The molecule has 0 fully saturated rings. The van der Waals surface area contributed by atoms with Crippen molar-refractivity contribution in [2.75, 3.05) is 25.3 Å². The van der Waals surface area contributed by atoms with Crippen molar-refractivity contribution in [3.63, 3.8) is 0 Å². The fraction of sp³-hybridized carbons (Fsp3) is 0.190. The van der Waals surface area contributed by atoms with Crippen molar-refractivity contribution in [1.82, 2.24) is 15.2 Å². The smallest absolute Gasteiger partial charge is 0.247 e. The molecule has 1 aliphatic rings. The lowest BCUT2D eigenvalue weighted by Gasteiger charge is -2.20. The quantitative estimate of drug-likeness (QED) is 0.380. The molecule has 1 aliphatic heterocycles. The summed E-state index contributed by atoms with van der Waals surface area (Å²) < 4.78 is 18.0. The largest absolute Gasteiger partial charge is 0.493 e. The van der Waals surface area contributed by atoms with E-state index in [2.05, 4.69) is 43.0 Å². The first-order chi connectivity index (χ1) is 14.6. The lowest BCUT2D eigenvalue weighted by molar-refractivity contribution is 0.224. The Labute approximate surface area is 187 Å². The van der Waals surface area contributed by atoms with E-state index in [0.717, 1.165) is 21.3 Å². The number of thioether (sulfide) groups is 1. The van der Waals surface area contributed by atoms with E-state index in [-0.39, 0.29) is 0 Å². The third-order valence-corrected chi connectivity index (χ3v) is 5.76. The van der Waals surface area contributed by atoms with Gasteiger partial charge in [-0.3, -0.25) is 0 Å². The van der Waals surface area contributed by atoms with E-state index in [0.29, 0.717) is 34.0 Å². The summed E-state index contributed by atoms with van der Waals surface area (Å²) >= 11 is 4.97. The van der Waals surface area contributed by atoms with E-state index < -0.39 is 6.23 Å². The fourth-order valence-electron chi connectivity index (χ4n) is 3.03. The van der Waals surface area contributed by atoms with Crippen LogP contribution in [0.4, 0.5) is 5.69 Å². The molecule has 2 aromatic carbocycles. The van der Waals surface area contributed by atoms with Gasteiger partial charge in [-0.1, -0.05) is 33.8 Å². The lowest BCUT2D eigenvalue weighted by Crippen LogP contribution is -2.17. The van der Waals surface area contributed by atoms with E-state index in [1.54, 1.807) is 20.3 Å². The second kappa shape index (κ2) is 8.93. The minimum atomic E-state index is -0.514. The van der Waals surface area contributed by atoms with E-state index in [4.69, 9.17) is 14.2 Å². The van der Waals surface area contributed by atoms with Crippen molar-refractivity contribution in [3.05, 3.63) is 59.1 Å². The molecule has 3 aromatic rings. The fourth-order valence-corrected chi connectivity index (χ4v) is 3.91. The summed E-state index contributed by atoms with van der Waals surface area (Å²) in [6.45, 7) is 3.73. The summed E-state index contributed by atoms with van der Waals surface area (Å²) in [5.41, 5.74) is 3.14. The molecule has 0 amide bonds. The van der Waals surface area contributed by atoms with Crippen LogP contribution in [-0.2, 0) is 0 Å². The highest BCUT2D eigenvalue weighted by molar-refractivity contribution is 9.10. The number of nitrogens with zero attached hydrogens (tertiary/aromatic N) is 3. The molecule has 30 heavy (non-hydrogen) atoms. The average Bonchev–Trinajstić information content (AvgIpc) is 2.93. The Morgan fingerprint density at radius 3 is 2.77 bits per heavy atom. The van der Waals surface area contributed by atoms with Crippen molar-refractivity contribution in [3.8, 4) is 28.6 Å². The lowest BCUT2D eigenvalue weighted by atomic mass is 10.1. The number of hydrogen-bond donors (Lipinski definition) is 1. The molecule has 2 heterocycles. The van der Waals surface area contributed by atoms with Crippen molar-refractivity contribution in [1.29, 1.82) is 0 Å². The van der Waals surface area contributed by atoms with Gasteiger partial charge in [0, 0.05) is 27.0 Å². The summed E-state index contributed by atoms with van der Waals surface area (Å²) in [5, 5.41) is 12.6. The molecule has 4 rings (SSSR count). The van der Waals surface area contributed by atoms with Crippen LogP contribution in [-0.4, -0.2) is 35.2 Å². The van der Waals surface area contributed by atoms with Gasteiger partial charge in [-0.2, -0.15) is 4.98 Å². The molecule has 154 valence electrons. The Balaban J connectivity index is 1.81. The first kappa shape index (κ1) is 20.5. The predicted octanol–water partition coefficient (Wildman–Crippen LogP) is 5.10. The van der Waals surface area contributed by atoms with Crippen LogP contribution in [0.3, 0.4) is 0 Å². The third kappa shape index (κ3) is 4.08. The zero-order chi connectivity index (χ0) is 21.1. The van der Waals surface area contributed by atoms with Crippen LogP contribution in [0, 0.1) is 0 Å². The van der Waals surface area contributed by atoms with Crippen LogP contribution < -0.4 is 19.5 Å². The van der Waals surface area contributed by atoms with Crippen LogP contribution in [0.25, 0.3) is 11.3 Å². The Hall–Kier alpha value is -2.78. The van der Waals surface area contributed by atoms with Gasteiger partial charge in [-0.15, -0.1) is 16.8 Å². The Morgan fingerprint density at radius 1 is 1.17 bits per heavy atom. The minimum Gasteiger partial charge on any atom is -0.493 e. The number of nitrogens with one attached hydrogen (secondary N) is 1. The van der Waals surface area contributed by atoms with Gasteiger partial charge in [0.2, 0.25) is 11.0 Å². The molecular weight excluding hydrogens is 468 g/mol. The van der Waals surface area contributed by atoms with Crippen LogP contribution in [0.5, 0.6) is 17.4 Å². The van der Waals surface area contributed by atoms with Gasteiger partial charge in [0.25, 0.3) is 0 Å². The predicted molar refractivity (Wildman–Crippen MR) is 120 cm³/mol. The van der Waals surface area contributed by atoms with Gasteiger partial charge in [0.1, 0.15) is 0 Å². The van der Waals surface area contributed by atoms with Crippen LogP contribution >= 0.6 is 27.7 Å². The summed E-state index contributed by atoms with van der Waals surface area (Å²) in [4.78, 5) is 4.60. The number of rotatable bonds is 6. The van der Waals surface area contributed by atoms with Gasteiger partial charge < -0.3 is 19.5 Å². The summed E-state index contributed by atoms with van der Waals surface area (Å²) in [7, 11) is 3.21. The molecule has 1 unspecified atom stereocenters. The highest BCUT2D eigenvalue weighted by Crippen LogP contribution is 2.41. The Kier molecular flexibility index (Phi) is 6.10. The first-order valence-corrected chi connectivity index (χ1v) is 10.8. The Bertz CT molecular complexity index is 1100. The zero-order valence-electron chi connectivity index (χ0n) is 16.4. The summed E-state index contributed by atoms with van der Waals surface area (Å²) in [6.07, 6.45) is 1.28. The van der Waals surface area contributed by atoms with Gasteiger partial charge in [-0.25, -0.2) is 0 Å². The molecule has 9 heteroatoms. The van der Waals surface area contributed by atoms with E-state index in [9.17, 15) is 0 Å². The van der Waals surface area contributed by atoms with Crippen LogP contribution in [0.15, 0.2) is 58.7 Å². The van der Waals surface area contributed by atoms with Crippen molar-refractivity contribution >= 4 is 33.4 Å². The van der Waals surface area contributed by atoms with E-state index in [1.807, 2.05) is 36.4 Å². The highest BCUT2D eigenvalue weighted by atomic mass is 79.9. The molecule has 0 radical (unpaired) electrons. The molecule has 7 nitrogen and oxygen atoms in total. The molecule has 0 bridgehead atoms. The minimum absolute atomic E-state index is 0.403. The van der Waals surface area contributed by atoms with Crippen molar-refractivity contribution in [2.24, 2.45) is 0 Å². The normalized spacial score (nSPS) is 14.4. The monoisotopic (exact) mass is 486 g/mol. The Morgan fingerprint density at radius 2 is 2.00 bits per heavy atom. The molecular formula is C21H19BrN4O3S. The number of halogens is 1. The molecule has 1 aromatic heterocycles. The molecule has 0 aliphatic carbocycles. The second-order valence-corrected chi connectivity index (χ2v) is 8.20. The molecule has 1 N–H and O–H groups in total. The topological polar surface area (TPSA) is 78.4 Å². The number of methoxy groups -OCH3 is 2. The standard InChI is InChI=1S/C21H19BrN4O3S/c1-4-9-30-21-24-20-18(25-26-21)14-11-13(22)6-7-15(14)23-19(29-20)12-5-8-16(27-2)17(10-12)28-3/h4-8,10-11,19,23H,1,9H2,2-3H3. The van der Waals surface area contributed by atoms with E-state index in [1.165, 1.54) is 11.8 Å². The maximum absolute atomic E-state index is 6.28. The number of anilines is 1. The maximum Gasteiger partial charge on any atom is 0.247 e. The second-order valence-electron chi connectivity index (χ2n) is 6.29.